The van der Waals surface area contributed by atoms with E-state index in [-0.39, 0.29) is 12.5 Å². The zero-order valence-corrected chi connectivity index (χ0v) is 18.5. The second-order valence-corrected chi connectivity index (χ2v) is 7.91. The summed E-state index contributed by atoms with van der Waals surface area (Å²) in [6.45, 7) is 3.01. The molecular weight excluding hydrogens is 416 g/mol. The van der Waals surface area contributed by atoms with Crippen molar-refractivity contribution in [1.82, 2.24) is 19.9 Å². The Morgan fingerprint density at radius 3 is 2.67 bits per heavy atom. The number of aromatic nitrogens is 3. The average Bonchev–Trinajstić information content (AvgIpc) is 3.20. The summed E-state index contributed by atoms with van der Waals surface area (Å²) in [6.07, 6.45) is 3.00. The molecule has 0 aliphatic heterocycles. The van der Waals surface area contributed by atoms with Crippen LogP contribution in [0.2, 0.25) is 0 Å². The number of nitrogens with one attached hydrogen (secondary N) is 1. The molecule has 0 unspecified atom stereocenters. The number of nitrogens with zero attached hydrogens (tertiary/aromatic N) is 6. The van der Waals surface area contributed by atoms with Crippen LogP contribution < -0.4 is 11.1 Å². The van der Waals surface area contributed by atoms with Gasteiger partial charge in [0.1, 0.15) is 17.9 Å². The number of unbranched alkanes of at least 4 members (excludes halogenated alkanes) is 1. The highest BCUT2D eigenvalue weighted by atomic mass is 16.1. The molecule has 0 spiro atoms. The number of carbonyl (C=O) groups excluding carboxylic acids is 1. The van der Waals surface area contributed by atoms with E-state index in [1.165, 1.54) is 0 Å². The number of hydrogen-bond acceptors (Lipinski definition) is 5. The summed E-state index contributed by atoms with van der Waals surface area (Å²) in [4.78, 5) is 23.7. The summed E-state index contributed by atoms with van der Waals surface area (Å²) in [5.41, 5.74) is 19.3. The lowest BCUT2D eigenvalue weighted by Crippen LogP contribution is -2.24. The number of nitrogens with two attached hydrogens (primary N) is 1. The Morgan fingerprint density at radius 1 is 1.15 bits per heavy atom. The topological polar surface area (TPSA) is 135 Å². The van der Waals surface area contributed by atoms with Crippen LogP contribution in [-0.4, -0.2) is 27.0 Å². The monoisotopic (exact) mass is 442 g/mol. The largest absolute Gasteiger partial charge is 0.382 e. The van der Waals surface area contributed by atoms with Crippen LogP contribution in [0, 0.1) is 0 Å². The second-order valence-electron chi connectivity index (χ2n) is 7.91. The molecule has 0 bridgehead atoms. The number of fused-ring (bicyclic) bond motifs is 3. The van der Waals surface area contributed by atoms with Crippen LogP contribution in [0.15, 0.2) is 53.6 Å². The standard InChI is InChI=1S/C24H26N8O/c1-2-3-8-20-30-22-23(18-6-4-5-7-19(18)29-24(22)25)32(20)15-17-11-9-16(10-12-17)13-27-21(33)14-28-31-26/h4-7,9-12H,2-3,8,13-15H2,1H3,(H2,25,29)(H,27,33). The lowest BCUT2D eigenvalue weighted by atomic mass is 10.1. The van der Waals surface area contributed by atoms with Crippen LogP contribution in [0.5, 0.6) is 0 Å². The van der Waals surface area contributed by atoms with E-state index in [0.29, 0.717) is 18.9 Å². The number of benzene rings is 2. The number of pyridine rings is 1. The van der Waals surface area contributed by atoms with Crippen molar-refractivity contribution in [3.8, 4) is 0 Å². The van der Waals surface area contributed by atoms with Gasteiger partial charge in [0, 0.05) is 29.8 Å². The predicted molar refractivity (Wildman–Crippen MR) is 129 cm³/mol. The minimum atomic E-state index is -0.305. The molecule has 33 heavy (non-hydrogen) atoms. The molecule has 9 heteroatoms. The first-order valence-electron chi connectivity index (χ1n) is 11.0. The molecule has 0 radical (unpaired) electrons. The number of hydrogen-bond donors (Lipinski definition) is 2. The summed E-state index contributed by atoms with van der Waals surface area (Å²) in [5.74, 6) is 1.15. The molecule has 0 aliphatic carbocycles. The summed E-state index contributed by atoms with van der Waals surface area (Å²) in [7, 11) is 0. The number of nitrogen functional groups attached to an aromatic ring is 1. The Labute approximate surface area is 191 Å². The summed E-state index contributed by atoms with van der Waals surface area (Å²) < 4.78 is 2.25. The second kappa shape index (κ2) is 10.0. The van der Waals surface area contributed by atoms with Crippen LogP contribution in [0.3, 0.4) is 0 Å². The molecule has 4 rings (SSSR count). The minimum Gasteiger partial charge on any atom is -0.382 e. The molecule has 0 fully saturated rings. The van der Waals surface area contributed by atoms with Gasteiger partial charge >= 0.3 is 0 Å². The summed E-state index contributed by atoms with van der Waals surface area (Å²) in [6, 6.07) is 16.1. The molecule has 4 aromatic rings. The lowest BCUT2D eigenvalue weighted by Gasteiger charge is -2.12. The van der Waals surface area contributed by atoms with E-state index < -0.39 is 0 Å². The molecule has 0 aliphatic rings. The number of imidazole rings is 1. The smallest absolute Gasteiger partial charge is 0.226 e. The zero-order chi connectivity index (χ0) is 23.2. The number of aryl methyl sites for hydroxylation is 1. The van der Waals surface area contributed by atoms with Crippen molar-refractivity contribution in [2.75, 3.05) is 12.3 Å². The first kappa shape index (κ1) is 22.1. The van der Waals surface area contributed by atoms with E-state index in [4.69, 9.17) is 16.2 Å². The fourth-order valence-corrected chi connectivity index (χ4v) is 3.90. The maximum absolute atomic E-state index is 11.6. The number of amides is 1. The van der Waals surface area contributed by atoms with Crippen LogP contribution in [0.1, 0.15) is 36.7 Å². The molecule has 3 N–H and O–H groups in total. The van der Waals surface area contributed by atoms with Crippen LogP contribution in [-0.2, 0) is 24.3 Å². The van der Waals surface area contributed by atoms with Crippen LogP contribution >= 0.6 is 0 Å². The van der Waals surface area contributed by atoms with Crippen LogP contribution in [0.4, 0.5) is 5.82 Å². The van der Waals surface area contributed by atoms with Crippen molar-refractivity contribution in [3.05, 3.63) is 75.9 Å². The van der Waals surface area contributed by atoms with Crippen molar-refractivity contribution in [3.63, 3.8) is 0 Å². The Hall–Kier alpha value is -4.10. The fraction of sp³-hybridized carbons (Fsp3) is 0.292. The molecule has 9 nitrogen and oxygen atoms in total. The van der Waals surface area contributed by atoms with E-state index in [0.717, 1.165) is 58.2 Å². The maximum atomic E-state index is 11.6. The van der Waals surface area contributed by atoms with Gasteiger partial charge in [0.25, 0.3) is 0 Å². The van der Waals surface area contributed by atoms with Gasteiger partial charge in [-0.3, -0.25) is 4.79 Å². The Kier molecular flexibility index (Phi) is 6.71. The van der Waals surface area contributed by atoms with Crippen molar-refractivity contribution in [2.45, 2.75) is 39.3 Å². The zero-order valence-electron chi connectivity index (χ0n) is 18.5. The number of rotatable bonds is 9. The minimum absolute atomic E-state index is 0.200. The van der Waals surface area contributed by atoms with E-state index in [9.17, 15) is 4.79 Å². The SMILES string of the molecule is CCCCc1nc2c(N)nc3ccccc3c2n1Cc1ccc(CNC(=O)CN=[N+]=[N-])cc1. The first-order valence-corrected chi connectivity index (χ1v) is 11.0. The first-order chi connectivity index (χ1) is 16.1. The molecule has 0 saturated carbocycles. The molecule has 168 valence electrons. The van der Waals surface area contributed by atoms with Gasteiger partial charge in [0.05, 0.1) is 11.0 Å². The van der Waals surface area contributed by atoms with Crippen molar-refractivity contribution in [2.24, 2.45) is 5.11 Å². The summed E-state index contributed by atoms with van der Waals surface area (Å²) in [5, 5.41) is 7.05. The van der Waals surface area contributed by atoms with Gasteiger partial charge in [-0.15, -0.1) is 0 Å². The molecule has 0 saturated heterocycles. The van der Waals surface area contributed by atoms with Crippen molar-refractivity contribution < 1.29 is 4.79 Å². The van der Waals surface area contributed by atoms with Crippen LogP contribution in [0.25, 0.3) is 32.4 Å². The summed E-state index contributed by atoms with van der Waals surface area (Å²) >= 11 is 0. The molecule has 2 aromatic heterocycles. The third-order valence-corrected chi connectivity index (χ3v) is 5.57. The fourth-order valence-electron chi connectivity index (χ4n) is 3.90. The third kappa shape index (κ3) is 4.88. The molecule has 0 atom stereocenters. The van der Waals surface area contributed by atoms with Gasteiger partial charge in [0.2, 0.25) is 5.91 Å². The Morgan fingerprint density at radius 2 is 1.91 bits per heavy atom. The van der Waals surface area contributed by atoms with Gasteiger partial charge in [0.15, 0.2) is 5.82 Å². The highest BCUT2D eigenvalue weighted by Gasteiger charge is 2.17. The Bertz CT molecular complexity index is 1340. The highest BCUT2D eigenvalue weighted by Crippen LogP contribution is 2.30. The number of para-hydroxylation sites is 1. The predicted octanol–water partition coefficient (Wildman–Crippen LogP) is 4.48. The van der Waals surface area contributed by atoms with E-state index in [1.54, 1.807) is 0 Å². The third-order valence-electron chi connectivity index (χ3n) is 5.57. The van der Waals surface area contributed by atoms with E-state index in [1.807, 2.05) is 30.3 Å². The van der Waals surface area contributed by atoms with Crippen molar-refractivity contribution >= 4 is 33.7 Å². The molecule has 2 heterocycles. The number of azide groups is 1. The molecule has 1 amide bonds. The van der Waals surface area contributed by atoms with Gasteiger partial charge in [-0.2, -0.15) is 0 Å². The maximum Gasteiger partial charge on any atom is 0.226 e. The van der Waals surface area contributed by atoms with Crippen molar-refractivity contribution in [1.29, 1.82) is 0 Å². The van der Waals surface area contributed by atoms with Gasteiger partial charge in [-0.25, -0.2) is 9.97 Å². The molecule has 2 aromatic carbocycles. The highest BCUT2D eigenvalue weighted by molar-refractivity contribution is 6.06. The van der Waals surface area contributed by atoms with Gasteiger partial charge in [-0.05, 0) is 29.1 Å². The lowest BCUT2D eigenvalue weighted by molar-refractivity contribution is -0.119. The van der Waals surface area contributed by atoms with E-state index in [2.05, 4.69) is 50.0 Å². The quantitative estimate of drug-likeness (QED) is 0.224. The van der Waals surface area contributed by atoms with E-state index >= 15 is 0 Å². The number of carbonyl (C=O) groups is 1. The normalized spacial score (nSPS) is 10.9. The van der Waals surface area contributed by atoms with Gasteiger partial charge < -0.3 is 15.6 Å². The Balaban J connectivity index is 1.64. The van der Waals surface area contributed by atoms with Gasteiger partial charge in [-0.1, -0.05) is 60.9 Å². The number of anilines is 1. The molecular formula is C24H26N8O. The average molecular weight is 443 g/mol.